The van der Waals surface area contributed by atoms with Gasteiger partial charge in [0.2, 0.25) is 0 Å². The molecule has 0 amide bonds. The third-order valence-corrected chi connectivity index (χ3v) is 4.96. The molecule has 1 aromatic carbocycles. The molecule has 1 heterocycles. The molecule has 0 aliphatic carbocycles. The number of benzene rings is 1. The molecule has 2 atom stereocenters. The lowest BCUT2D eigenvalue weighted by atomic mass is 9.91. The second-order valence-corrected chi connectivity index (χ2v) is 6.17. The fourth-order valence-electron chi connectivity index (χ4n) is 3.23. The third-order valence-electron chi connectivity index (χ3n) is 4.40. The van der Waals surface area contributed by atoms with Gasteiger partial charge in [-0.05, 0) is 50.4 Å². The Labute approximate surface area is 129 Å². The van der Waals surface area contributed by atoms with E-state index in [2.05, 4.69) is 4.90 Å². The maximum absolute atomic E-state index is 11.7. The topological polar surface area (TPSA) is 40.5 Å². The van der Waals surface area contributed by atoms with Gasteiger partial charge >= 0.3 is 5.97 Å². The Balaban J connectivity index is 2.36. The van der Waals surface area contributed by atoms with Gasteiger partial charge in [0.05, 0.1) is 0 Å². The van der Waals surface area contributed by atoms with Crippen LogP contribution in [0.1, 0.15) is 44.7 Å². The molecule has 1 saturated heterocycles. The Kier molecular flexibility index (Phi) is 4.62. The molecule has 2 unspecified atom stereocenters. The lowest BCUT2D eigenvalue weighted by molar-refractivity contribution is -0.151. The number of halogens is 2. The lowest BCUT2D eigenvalue weighted by Gasteiger charge is -2.38. The first-order valence-electron chi connectivity index (χ1n) is 6.87. The summed E-state index contributed by atoms with van der Waals surface area (Å²) in [5, 5.41) is 10.8. The van der Waals surface area contributed by atoms with Crippen LogP contribution < -0.4 is 0 Å². The normalized spacial score (nSPS) is 24.8. The van der Waals surface area contributed by atoms with Gasteiger partial charge in [-0.15, -0.1) is 0 Å². The molecule has 0 bridgehead atoms. The van der Waals surface area contributed by atoms with Gasteiger partial charge in [0.25, 0.3) is 0 Å². The maximum atomic E-state index is 11.7. The molecule has 0 saturated carbocycles. The molecule has 20 heavy (non-hydrogen) atoms. The van der Waals surface area contributed by atoms with Crippen LogP contribution in [-0.4, -0.2) is 28.1 Å². The fourth-order valence-corrected chi connectivity index (χ4v) is 3.80. The third kappa shape index (κ3) is 2.54. The van der Waals surface area contributed by atoms with Crippen molar-refractivity contribution in [2.45, 2.75) is 44.7 Å². The number of carbonyl (C=O) groups is 1. The van der Waals surface area contributed by atoms with Gasteiger partial charge in [-0.3, -0.25) is 9.69 Å². The monoisotopic (exact) mass is 315 g/mol. The van der Waals surface area contributed by atoms with E-state index in [4.69, 9.17) is 23.2 Å². The van der Waals surface area contributed by atoms with Gasteiger partial charge < -0.3 is 5.11 Å². The molecule has 0 radical (unpaired) electrons. The van der Waals surface area contributed by atoms with Gasteiger partial charge in [0.1, 0.15) is 5.54 Å². The lowest BCUT2D eigenvalue weighted by Crippen LogP contribution is -2.50. The highest BCUT2D eigenvalue weighted by Gasteiger charge is 2.48. The van der Waals surface area contributed by atoms with Gasteiger partial charge in [0.15, 0.2) is 0 Å². The highest BCUT2D eigenvalue weighted by Crippen LogP contribution is 2.41. The second kappa shape index (κ2) is 5.92. The number of likely N-dealkylation sites (tertiary alicyclic amines) is 1. The van der Waals surface area contributed by atoms with Gasteiger partial charge in [0, 0.05) is 16.1 Å². The van der Waals surface area contributed by atoms with Crippen LogP contribution in [0.25, 0.3) is 0 Å². The predicted molar refractivity (Wildman–Crippen MR) is 81.5 cm³/mol. The number of hydrogen-bond donors (Lipinski definition) is 1. The SMILES string of the molecule is CCC1(C(=O)O)CCCN1C(C)c1ccc(Cl)cc1Cl. The van der Waals surface area contributed by atoms with Crippen LogP contribution in [0.3, 0.4) is 0 Å². The Morgan fingerprint density at radius 1 is 1.50 bits per heavy atom. The summed E-state index contributed by atoms with van der Waals surface area (Å²) < 4.78 is 0. The zero-order chi connectivity index (χ0) is 14.9. The van der Waals surface area contributed by atoms with E-state index in [1.54, 1.807) is 12.1 Å². The zero-order valence-corrected chi connectivity index (χ0v) is 13.2. The van der Waals surface area contributed by atoms with Crippen molar-refractivity contribution in [3.63, 3.8) is 0 Å². The van der Waals surface area contributed by atoms with Crippen molar-refractivity contribution in [3.05, 3.63) is 33.8 Å². The van der Waals surface area contributed by atoms with Crippen LogP contribution in [0, 0.1) is 0 Å². The summed E-state index contributed by atoms with van der Waals surface area (Å²) in [5.41, 5.74) is 0.152. The first kappa shape index (κ1) is 15.6. The Morgan fingerprint density at radius 2 is 2.20 bits per heavy atom. The quantitative estimate of drug-likeness (QED) is 0.896. The van der Waals surface area contributed by atoms with Crippen molar-refractivity contribution in [1.29, 1.82) is 0 Å². The van der Waals surface area contributed by atoms with Crippen LogP contribution in [0.5, 0.6) is 0 Å². The number of carboxylic acid groups (broad SMARTS) is 1. The molecule has 2 rings (SSSR count). The van der Waals surface area contributed by atoms with E-state index in [-0.39, 0.29) is 6.04 Å². The maximum Gasteiger partial charge on any atom is 0.324 e. The number of aliphatic carboxylic acids is 1. The summed E-state index contributed by atoms with van der Waals surface area (Å²) in [6.07, 6.45) is 2.18. The van der Waals surface area contributed by atoms with Crippen molar-refractivity contribution in [2.75, 3.05) is 6.54 Å². The molecule has 0 aromatic heterocycles. The minimum atomic E-state index is -0.775. The predicted octanol–water partition coefficient (Wildman–Crippen LogP) is 4.38. The van der Waals surface area contributed by atoms with Gasteiger partial charge in [-0.1, -0.05) is 36.2 Å². The Morgan fingerprint density at radius 3 is 2.75 bits per heavy atom. The van der Waals surface area contributed by atoms with Crippen molar-refractivity contribution < 1.29 is 9.90 Å². The highest BCUT2D eigenvalue weighted by atomic mass is 35.5. The largest absolute Gasteiger partial charge is 0.480 e. The van der Waals surface area contributed by atoms with E-state index >= 15 is 0 Å². The van der Waals surface area contributed by atoms with Crippen molar-refractivity contribution in [1.82, 2.24) is 4.90 Å². The summed E-state index contributed by atoms with van der Waals surface area (Å²) in [4.78, 5) is 13.8. The highest BCUT2D eigenvalue weighted by molar-refractivity contribution is 6.35. The molecule has 5 heteroatoms. The van der Waals surface area contributed by atoms with E-state index in [9.17, 15) is 9.90 Å². The molecular weight excluding hydrogens is 297 g/mol. The van der Waals surface area contributed by atoms with E-state index in [0.29, 0.717) is 22.9 Å². The average Bonchev–Trinajstić information content (AvgIpc) is 2.83. The van der Waals surface area contributed by atoms with Crippen LogP contribution >= 0.6 is 23.2 Å². The number of rotatable bonds is 4. The summed E-state index contributed by atoms with van der Waals surface area (Å²) in [7, 11) is 0. The summed E-state index contributed by atoms with van der Waals surface area (Å²) in [5.74, 6) is -0.741. The summed E-state index contributed by atoms with van der Waals surface area (Å²) in [6.45, 7) is 4.72. The van der Waals surface area contributed by atoms with Crippen molar-refractivity contribution in [2.24, 2.45) is 0 Å². The van der Waals surface area contributed by atoms with E-state index in [1.807, 2.05) is 19.9 Å². The van der Waals surface area contributed by atoms with E-state index in [1.165, 1.54) is 0 Å². The molecule has 1 N–H and O–H groups in total. The number of nitrogens with zero attached hydrogens (tertiary/aromatic N) is 1. The molecule has 1 fully saturated rings. The van der Waals surface area contributed by atoms with Crippen molar-refractivity contribution in [3.8, 4) is 0 Å². The molecule has 0 spiro atoms. The Bertz CT molecular complexity index is 521. The Hall–Kier alpha value is -0.770. The smallest absolute Gasteiger partial charge is 0.324 e. The molecule has 1 aromatic rings. The minimum Gasteiger partial charge on any atom is -0.480 e. The minimum absolute atomic E-state index is 0.0432. The number of hydrogen-bond acceptors (Lipinski definition) is 2. The zero-order valence-electron chi connectivity index (χ0n) is 11.7. The van der Waals surface area contributed by atoms with Crippen LogP contribution in [-0.2, 0) is 4.79 Å². The van der Waals surface area contributed by atoms with Gasteiger partial charge in [-0.25, -0.2) is 0 Å². The molecular formula is C15H19Cl2NO2. The summed E-state index contributed by atoms with van der Waals surface area (Å²) in [6, 6.07) is 5.34. The second-order valence-electron chi connectivity index (χ2n) is 5.33. The first-order chi connectivity index (χ1) is 9.42. The average molecular weight is 316 g/mol. The van der Waals surface area contributed by atoms with Crippen molar-refractivity contribution >= 4 is 29.2 Å². The first-order valence-corrected chi connectivity index (χ1v) is 7.63. The number of carboxylic acids is 1. The molecule has 1 aliphatic heterocycles. The molecule has 3 nitrogen and oxygen atoms in total. The van der Waals surface area contributed by atoms with Crippen LogP contribution in [0.2, 0.25) is 10.0 Å². The molecule has 110 valence electrons. The standard InChI is InChI=1S/C15H19Cl2NO2/c1-3-15(14(19)20)7-4-8-18(15)10(2)12-6-5-11(16)9-13(12)17/h5-6,9-10H,3-4,7-8H2,1-2H3,(H,19,20). The van der Waals surface area contributed by atoms with Crippen LogP contribution in [0.4, 0.5) is 0 Å². The van der Waals surface area contributed by atoms with Crippen LogP contribution in [0.15, 0.2) is 18.2 Å². The van der Waals surface area contributed by atoms with E-state index < -0.39 is 11.5 Å². The fraction of sp³-hybridized carbons (Fsp3) is 0.533. The summed E-state index contributed by atoms with van der Waals surface area (Å²) >= 11 is 12.2. The van der Waals surface area contributed by atoms with Gasteiger partial charge in [-0.2, -0.15) is 0 Å². The van der Waals surface area contributed by atoms with E-state index in [0.717, 1.165) is 18.5 Å². The molecule has 1 aliphatic rings.